The van der Waals surface area contributed by atoms with Crippen molar-refractivity contribution in [1.29, 1.82) is 5.26 Å². The third-order valence-corrected chi connectivity index (χ3v) is 3.89. The lowest BCUT2D eigenvalue weighted by Crippen LogP contribution is -2.16. The first-order chi connectivity index (χ1) is 12.4. The van der Waals surface area contributed by atoms with Crippen LogP contribution in [0.4, 0.5) is 0 Å². The van der Waals surface area contributed by atoms with Crippen LogP contribution in [0.5, 0.6) is 23.0 Å². The van der Waals surface area contributed by atoms with E-state index in [0.29, 0.717) is 30.3 Å². The summed E-state index contributed by atoms with van der Waals surface area (Å²) in [6.45, 7) is 7.14. The maximum Gasteiger partial charge on any atom is 0.162 e. The summed E-state index contributed by atoms with van der Waals surface area (Å²) in [5.41, 5.74) is 1.53. The van der Waals surface area contributed by atoms with Crippen LogP contribution in [0.1, 0.15) is 31.9 Å². The number of benzene rings is 2. The second-order valence-electron chi connectivity index (χ2n) is 6.79. The van der Waals surface area contributed by atoms with Gasteiger partial charge in [-0.1, -0.05) is 20.8 Å². The minimum absolute atomic E-state index is 0.0684. The van der Waals surface area contributed by atoms with E-state index in [1.54, 1.807) is 32.4 Å². The van der Waals surface area contributed by atoms with Crippen LogP contribution in [0.2, 0.25) is 0 Å². The molecule has 0 spiro atoms. The standard InChI is InChI=1S/C21H25NO4/c1-21(2,3)17-13-16(23-4)7-9-18(17)25-10-11-26-19-8-6-15(14-22)12-20(19)24-5/h6-9,12-13H,10-11H2,1-5H3. The molecule has 0 radical (unpaired) electrons. The summed E-state index contributed by atoms with van der Waals surface area (Å²) >= 11 is 0. The molecule has 0 unspecified atom stereocenters. The normalized spacial score (nSPS) is 10.8. The Morgan fingerprint density at radius 2 is 1.50 bits per heavy atom. The van der Waals surface area contributed by atoms with Crippen molar-refractivity contribution in [1.82, 2.24) is 0 Å². The molecule has 0 bridgehead atoms. The summed E-state index contributed by atoms with van der Waals surface area (Å²) in [4.78, 5) is 0. The Morgan fingerprint density at radius 1 is 0.846 bits per heavy atom. The van der Waals surface area contributed by atoms with Gasteiger partial charge in [0.25, 0.3) is 0 Å². The van der Waals surface area contributed by atoms with Crippen molar-refractivity contribution >= 4 is 0 Å². The summed E-state index contributed by atoms with van der Waals surface area (Å²) in [5.74, 6) is 2.74. The quantitative estimate of drug-likeness (QED) is 0.692. The Balaban J connectivity index is 2.02. The molecule has 0 aliphatic heterocycles. The Hall–Kier alpha value is -2.87. The fraction of sp³-hybridized carbons (Fsp3) is 0.381. The van der Waals surface area contributed by atoms with Crippen molar-refractivity contribution in [2.75, 3.05) is 27.4 Å². The summed E-state index contributed by atoms with van der Waals surface area (Å²) in [5, 5.41) is 8.94. The van der Waals surface area contributed by atoms with Crippen molar-refractivity contribution in [3.05, 3.63) is 47.5 Å². The molecule has 5 heteroatoms. The zero-order valence-corrected chi connectivity index (χ0v) is 16.0. The highest BCUT2D eigenvalue weighted by atomic mass is 16.5. The lowest BCUT2D eigenvalue weighted by atomic mass is 9.86. The predicted octanol–water partition coefficient (Wildman–Crippen LogP) is 4.33. The third-order valence-electron chi connectivity index (χ3n) is 3.89. The molecule has 5 nitrogen and oxygen atoms in total. The number of hydrogen-bond donors (Lipinski definition) is 0. The Morgan fingerprint density at radius 3 is 2.08 bits per heavy atom. The fourth-order valence-electron chi connectivity index (χ4n) is 2.51. The summed E-state index contributed by atoms with van der Waals surface area (Å²) in [6, 6.07) is 13.0. The molecule has 0 fully saturated rings. The van der Waals surface area contributed by atoms with E-state index in [4.69, 9.17) is 24.2 Å². The second kappa shape index (κ2) is 8.48. The predicted molar refractivity (Wildman–Crippen MR) is 100 cm³/mol. The number of nitriles is 1. The molecule has 0 aliphatic carbocycles. The first-order valence-corrected chi connectivity index (χ1v) is 8.41. The van der Waals surface area contributed by atoms with Gasteiger partial charge in [0.15, 0.2) is 11.5 Å². The molecule has 138 valence electrons. The van der Waals surface area contributed by atoms with Gasteiger partial charge in [0.1, 0.15) is 24.7 Å². The second-order valence-corrected chi connectivity index (χ2v) is 6.79. The Kier molecular flexibility index (Phi) is 6.35. The van der Waals surface area contributed by atoms with Crippen LogP contribution in [0, 0.1) is 11.3 Å². The average molecular weight is 355 g/mol. The van der Waals surface area contributed by atoms with Crippen LogP contribution >= 0.6 is 0 Å². The van der Waals surface area contributed by atoms with Gasteiger partial charge in [-0.2, -0.15) is 5.26 Å². The number of hydrogen-bond acceptors (Lipinski definition) is 5. The summed E-state index contributed by atoms with van der Waals surface area (Å²) < 4.78 is 22.2. The van der Waals surface area contributed by atoms with Gasteiger partial charge in [0.05, 0.1) is 25.9 Å². The van der Waals surface area contributed by atoms with Gasteiger partial charge < -0.3 is 18.9 Å². The molecular formula is C21H25NO4. The molecule has 0 N–H and O–H groups in total. The molecule has 0 aliphatic rings. The molecule has 0 atom stereocenters. The van der Waals surface area contributed by atoms with E-state index in [2.05, 4.69) is 26.8 Å². The van der Waals surface area contributed by atoms with Gasteiger partial charge in [-0.15, -0.1) is 0 Å². The largest absolute Gasteiger partial charge is 0.497 e. The van der Waals surface area contributed by atoms with Crippen LogP contribution in [0.25, 0.3) is 0 Å². The zero-order valence-electron chi connectivity index (χ0n) is 16.0. The molecule has 0 saturated carbocycles. The van der Waals surface area contributed by atoms with E-state index >= 15 is 0 Å². The lowest BCUT2D eigenvalue weighted by Gasteiger charge is -2.23. The van der Waals surface area contributed by atoms with E-state index in [1.165, 1.54) is 0 Å². The number of ether oxygens (including phenoxy) is 4. The van der Waals surface area contributed by atoms with Crippen molar-refractivity contribution in [3.8, 4) is 29.1 Å². The third kappa shape index (κ3) is 4.82. The van der Waals surface area contributed by atoms with Crippen LogP contribution in [-0.4, -0.2) is 27.4 Å². The molecule has 26 heavy (non-hydrogen) atoms. The number of methoxy groups -OCH3 is 2. The van der Waals surface area contributed by atoms with Crippen LogP contribution in [0.15, 0.2) is 36.4 Å². The Labute approximate surface area is 155 Å². The first-order valence-electron chi connectivity index (χ1n) is 8.41. The highest BCUT2D eigenvalue weighted by molar-refractivity contribution is 5.47. The first kappa shape index (κ1) is 19.5. The topological polar surface area (TPSA) is 60.7 Å². The monoisotopic (exact) mass is 355 g/mol. The van der Waals surface area contributed by atoms with Crippen molar-refractivity contribution in [2.45, 2.75) is 26.2 Å². The van der Waals surface area contributed by atoms with Gasteiger partial charge in [-0.3, -0.25) is 0 Å². The minimum Gasteiger partial charge on any atom is -0.497 e. The SMILES string of the molecule is COc1ccc(OCCOc2ccc(C#N)cc2OC)c(C(C)(C)C)c1. The molecule has 2 aromatic rings. The number of nitrogens with zero attached hydrogens (tertiary/aromatic N) is 1. The molecular weight excluding hydrogens is 330 g/mol. The summed E-state index contributed by atoms with van der Waals surface area (Å²) in [6.07, 6.45) is 0. The van der Waals surface area contributed by atoms with Crippen molar-refractivity contribution in [3.63, 3.8) is 0 Å². The van der Waals surface area contributed by atoms with E-state index in [9.17, 15) is 0 Å². The van der Waals surface area contributed by atoms with Crippen LogP contribution in [0.3, 0.4) is 0 Å². The fourth-order valence-corrected chi connectivity index (χ4v) is 2.51. The van der Waals surface area contributed by atoms with Gasteiger partial charge in [0, 0.05) is 11.6 Å². The average Bonchev–Trinajstić information content (AvgIpc) is 2.64. The minimum atomic E-state index is -0.0684. The summed E-state index contributed by atoms with van der Waals surface area (Å²) in [7, 11) is 3.20. The molecule has 2 rings (SSSR count). The van der Waals surface area contributed by atoms with Crippen molar-refractivity contribution < 1.29 is 18.9 Å². The highest BCUT2D eigenvalue weighted by Crippen LogP contribution is 2.34. The zero-order chi connectivity index (χ0) is 19.2. The molecule has 0 amide bonds. The molecule has 0 saturated heterocycles. The maximum atomic E-state index is 8.94. The van der Waals surface area contributed by atoms with Crippen LogP contribution < -0.4 is 18.9 Å². The lowest BCUT2D eigenvalue weighted by molar-refractivity contribution is 0.208. The van der Waals surface area contributed by atoms with Crippen LogP contribution in [-0.2, 0) is 5.41 Å². The molecule has 0 aromatic heterocycles. The van der Waals surface area contributed by atoms with E-state index in [-0.39, 0.29) is 5.41 Å². The smallest absolute Gasteiger partial charge is 0.162 e. The van der Waals surface area contributed by atoms with E-state index in [0.717, 1.165) is 17.1 Å². The van der Waals surface area contributed by atoms with Gasteiger partial charge in [-0.05, 0) is 35.7 Å². The van der Waals surface area contributed by atoms with Gasteiger partial charge in [0.2, 0.25) is 0 Å². The maximum absolute atomic E-state index is 8.94. The van der Waals surface area contributed by atoms with Gasteiger partial charge >= 0.3 is 0 Å². The van der Waals surface area contributed by atoms with E-state index in [1.807, 2.05) is 18.2 Å². The highest BCUT2D eigenvalue weighted by Gasteiger charge is 2.20. The molecule has 0 heterocycles. The van der Waals surface area contributed by atoms with Gasteiger partial charge in [-0.25, -0.2) is 0 Å². The molecule has 2 aromatic carbocycles. The van der Waals surface area contributed by atoms with E-state index < -0.39 is 0 Å². The number of rotatable bonds is 7. The Bertz CT molecular complexity index is 788. The van der Waals surface area contributed by atoms with Crippen molar-refractivity contribution in [2.24, 2.45) is 0 Å².